The highest BCUT2D eigenvalue weighted by Crippen LogP contribution is 2.28. The zero-order valence-electron chi connectivity index (χ0n) is 10.6. The molecule has 0 radical (unpaired) electrons. The summed E-state index contributed by atoms with van der Waals surface area (Å²) in [5.41, 5.74) is -0.204. The molecule has 0 amide bonds. The van der Waals surface area contributed by atoms with Crippen molar-refractivity contribution in [3.8, 4) is 5.82 Å². The molecule has 8 heteroatoms. The van der Waals surface area contributed by atoms with Crippen LogP contribution in [-0.4, -0.2) is 21.3 Å². The number of pyridine rings is 1. The number of halogens is 4. The van der Waals surface area contributed by atoms with E-state index in [0.29, 0.717) is 11.6 Å². The van der Waals surface area contributed by atoms with Gasteiger partial charge in [0.1, 0.15) is 0 Å². The molecule has 0 bridgehead atoms. The SMILES string of the molecule is CCNCc1cc(-n2ccc(C(F)(F)F)n2)ncc1Cl. The quantitative estimate of drug-likeness (QED) is 0.944. The Morgan fingerprint density at radius 1 is 1.40 bits per heavy atom. The third-order valence-corrected chi connectivity index (χ3v) is 2.94. The van der Waals surface area contributed by atoms with Crippen LogP contribution in [0.5, 0.6) is 0 Å². The summed E-state index contributed by atoms with van der Waals surface area (Å²) < 4.78 is 38.6. The van der Waals surface area contributed by atoms with E-state index in [1.165, 1.54) is 12.4 Å². The van der Waals surface area contributed by atoms with Gasteiger partial charge >= 0.3 is 6.18 Å². The van der Waals surface area contributed by atoms with Gasteiger partial charge < -0.3 is 5.32 Å². The lowest BCUT2D eigenvalue weighted by molar-refractivity contribution is -0.141. The minimum absolute atomic E-state index is 0.290. The summed E-state index contributed by atoms with van der Waals surface area (Å²) in [6.07, 6.45) is -1.85. The van der Waals surface area contributed by atoms with E-state index in [1.807, 2.05) is 6.92 Å². The molecule has 0 saturated carbocycles. The predicted molar refractivity (Wildman–Crippen MR) is 68.8 cm³/mol. The van der Waals surface area contributed by atoms with Gasteiger partial charge in [-0.3, -0.25) is 0 Å². The van der Waals surface area contributed by atoms with Gasteiger partial charge in [0.2, 0.25) is 0 Å². The van der Waals surface area contributed by atoms with Crippen LogP contribution in [0.3, 0.4) is 0 Å². The maximum atomic E-state index is 12.5. The number of nitrogens with zero attached hydrogens (tertiary/aromatic N) is 3. The zero-order valence-corrected chi connectivity index (χ0v) is 11.3. The second-order valence-corrected chi connectivity index (χ2v) is 4.46. The number of rotatable bonds is 4. The monoisotopic (exact) mass is 304 g/mol. The van der Waals surface area contributed by atoms with Crippen molar-refractivity contribution in [1.82, 2.24) is 20.1 Å². The van der Waals surface area contributed by atoms with E-state index in [1.54, 1.807) is 6.07 Å². The highest BCUT2D eigenvalue weighted by atomic mass is 35.5. The van der Waals surface area contributed by atoms with Crippen LogP contribution in [0.15, 0.2) is 24.5 Å². The number of alkyl halides is 3. The zero-order chi connectivity index (χ0) is 14.8. The Morgan fingerprint density at radius 3 is 2.75 bits per heavy atom. The Kier molecular flexibility index (Phi) is 4.29. The molecule has 20 heavy (non-hydrogen) atoms. The Bertz CT molecular complexity index is 595. The molecule has 0 aromatic carbocycles. The van der Waals surface area contributed by atoms with Crippen LogP contribution in [0.1, 0.15) is 18.2 Å². The van der Waals surface area contributed by atoms with Crippen molar-refractivity contribution >= 4 is 11.6 Å². The molecule has 2 rings (SSSR count). The lowest BCUT2D eigenvalue weighted by Gasteiger charge is -2.07. The molecule has 1 N–H and O–H groups in total. The average molecular weight is 305 g/mol. The normalized spacial score (nSPS) is 11.8. The molecule has 0 aliphatic carbocycles. The van der Waals surface area contributed by atoms with Gasteiger partial charge in [-0.25, -0.2) is 9.67 Å². The van der Waals surface area contributed by atoms with Crippen LogP contribution in [0.25, 0.3) is 5.82 Å². The van der Waals surface area contributed by atoms with E-state index in [4.69, 9.17) is 11.6 Å². The predicted octanol–water partition coefficient (Wildman–Crippen LogP) is 3.05. The Balaban J connectivity index is 2.31. The van der Waals surface area contributed by atoms with E-state index in [9.17, 15) is 13.2 Å². The van der Waals surface area contributed by atoms with Gasteiger partial charge in [-0.1, -0.05) is 18.5 Å². The molecule has 0 fully saturated rings. The van der Waals surface area contributed by atoms with Gasteiger partial charge in [-0.15, -0.1) is 0 Å². The van der Waals surface area contributed by atoms with Crippen LogP contribution in [-0.2, 0) is 12.7 Å². The highest BCUT2D eigenvalue weighted by Gasteiger charge is 2.33. The third-order valence-electron chi connectivity index (χ3n) is 2.60. The van der Waals surface area contributed by atoms with Crippen LogP contribution in [0.2, 0.25) is 5.02 Å². The van der Waals surface area contributed by atoms with Gasteiger partial charge in [0.05, 0.1) is 5.02 Å². The van der Waals surface area contributed by atoms with E-state index >= 15 is 0 Å². The molecule has 2 aromatic heterocycles. The Morgan fingerprint density at radius 2 is 2.15 bits per heavy atom. The maximum Gasteiger partial charge on any atom is 0.435 e. The largest absolute Gasteiger partial charge is 0.435 e. The minimum atomic E-state index is -4.47. The van der Waals surface area contributed by atoms with E-state index in [-0.39, 0.29) is 5.82 Å². The van der Waals surface area contributed by atoms with E-state index < -0.39 is 11.9 Å². The Hall–Kier alpha value is -1.60. The van der Waals surface area contributed by atoms with Gasteiger partial charge in [0, 0.05) is 18.9 Å². The van der Waals surface area contributed by atoms with Crippen LogP contribution in [0.4, 0.5) is 13.2 Å². The van der Waals surface area contributed by atoms with Gasteiger partial charge in [0.15, 0.2) is 11.5 Å². The van der Waals surface area contributed by atoms with E-state index in [0.717, 1.165) is 22.9 Å². The summed E-state index contributed by atoms with van der Waals surface area (Å²) in [6, 6.07) is 2.51. The standard InChI is InChI=1S/C12H12ClF3N4/c1-2-17-6-8-5-11(18-7-9(8)13)20-4-3-10(19-20)12(14,15)16/h3-5,7,17H,2,6H2,1H3. The number of nitrogens with one attached hydrogen (secondary N) is 1. The molecule has 0 unspecified atom stereocenters. The summed E-state index contributed by atoms with van der Waals surface area (Å²) >= 11 is 5.99. The summed E-state index contributed by atoms with van der Waals surface area (Å²) in [6.45, 7) is 3.21. The number of hydrogen-bond donors (Lipinski definition) is 1. The first-order chi connectivity index (χ1) is 9.41. The second-order valence-electron chi connectivity index (χ2n) is 4.06. The highest BCUT2D eigenvalue weighted by molar-refractivity contribution is 6.31. The van der Waals surface area contributed by atoms with Gasteiger partial charge in [-0.2, -0.15) is 18.3 Å². The first-order valence-electron chi connectivity index (χ1n) is 5.90. The topological polar surface area (TPSA) is 42.7 Å². The van der Waals surface area contributed by atoms with Gasteiger partial charge in [-0.05, 0) is 24.2 Å². The first kappa shape index (κ1) is 14.8. The van der Waals surface area contributed by atoms with Crippen molar-refractivity contribution in [3.05, 3.63) is 40.8 Å². The fourth-order valence-corrected chi connectivity index (χ4v) is 1.76. The number of aromatic nitrogens is 3. The summed E-state index contributed by atoms with van der Waals surface area (Å²) in [7, 11) is 0. The lowest BCUT2D eigenvalue weighted by atomic mass is 10.2. The molecule has 0 aliphatic rings. The first-order valence-corrected chi connectivity index (χ1v) is 6.28. The lowest BCUT2D eigenvalue weighted by Crippen LogP contribution is -2.13. The molecular formula is C12H12ClF3N4. The second kappa shape index (κ2) is 5.80. The third kappa shape index (κ3) is 3.29. The summed E-state index contributed by atoms with van der Waals surface area (Å²) in [4.78, 5) is 3.99. The molecule has 0 atom stereocenters. The van der Waals surface area contributed by atoms with Crippen molar-refractivity contribution in [2.75, 3.05) is 6.54 Å². The van der Waals surface area contributed by atoms with Crippen molar-refractivity contribution in [2.24, 2.45) is 0 Å². The van der Waals surface area contributed by atoms with Crippen LogP contribution < -0.4 is 5.32 Å². The molecule has 4 nitrogen and oxygen atoms in total. The molecule has 2 heterocycles. The molecule has 2 aromatic rings. The molecule has 0 aliphatic heterocycles. The fourth-order valence-electron chi connectivity index (χ4n) is 1.59. The van der Waals surface area contributed by atoms with Crippen molar-refractivity contribution in [3.63, 3.8) is 0 Å². The molecule has 0 saturated heterocycles. The smallest absolute Gasteiger partial charge is 0.313 e. The van der Waals surface area contributed by atoms with Crippen molar-refractivity contribution in [1.29, 1.82) is 0 Å². The summed E-state index contributed by atoms with van der Waals surface area (Å²) in [5.74, 6) is 0.290. The fraction of sp³-hybridized carbons (Fsp3) is 0.333. The summed E-state index contributed by atoms with van der Waals surface area (Å²) in [5, 5.41) is 7.02. The molecule has 108 valence electrons. The minimum Gasteiger partial charge on any atom is -0.313 e. The van der Waals surface area contributed by atoms with E-state index in [2.05, 4.69) is 15.4 Å². The molecular weight excluding hydrogens is 293 g/mol. The van der Waals surface area contributed by atoms with Crippen molar-refractivity contribution < 1.29 is 13.2 Å². The van der Waals surface area contributed by atoms with Crippen molar-refractivity contribution in [2.45, 2.75) is 19.6 Å². The average Bonchev–Trinajstić information content (AvgIpc) is 2.87. The van der Waals surface area contributed by atoms with Gasteiger partial charge in [0.25, 0.3) is 0 Å². The maximum absolute atomic E-state index is 12.5. The Labute approximate surface area is 118 Å². The number of hydrogen-bond acceptors (Lipinski definition) is 3. The van der Waals surface area contributed by atoms with Crippen LogP contribution >= 0.6 is 11.6 Å². The van der Waals surface area contributed by atoms with Crippen LogP contribution in [0, 0.1) is 0 Å². The molecule has 0 spiro atoms.